The molecule has 100 valence electrons. The van der Waals surface area contributed by atoms with E-state index in [9.17, 15) is 9.67 Å². The van der Waals surface area contributed by atoms with Crippen LogP contribution < -0.4 is 0 Å². The Hall–Kier alpha value is -0.410. The van der Waals surface area contributed by atoms with Crippen LogP contribution in [0.15, 0.2) is 24.8 Å². The van der Waals surface area contributed by atoms with E-state index in [0.29, 0.717) is 6.42 Å². The summed E-state index contributed by atoms with van der Waals surface area (Å²) in [6.45, 7) is 9.47. The lowest BCUT2D eigenvalue weighted by Gasteiger charge is -2.27. The van der Waals surface area contributed by atoms with Gasteiger partial charge in [-0.25, -0.2) is 0 Å². The van der Waals surface area contributed by atoms with Crippen LogP contribution >= 0.6 is 7.60 Å². The average molecular weight is 262 g/mol. The summed E-state index contributed by atoms with van der Waals surface area (Å²) in [5.41, 5.74) is -0.601. The van der Waals surface area contributed by atoms with Gasteiger partial charge in [0.1, 0.15) is 0 Å². The zero-order valence-corrected chi connectivity index (χ0v) is 11.7. The summed E-state index contributed by atoms with van der Waals surface area (Å²) in [5.74, 6) is 0. The molecule has 0 radical (unpaired) electrons. The molecule has 17 heavy (non-hydrogen) atoms. The summed E-state index contributed by atoms with van der Waals surface area (Å²) < 4.78 is 23.0. The second kappa shape index (κ2) is 8.65. The van der Waals surface area contributed by atoms with Gasteiger partial charge in [0.05, 0.1) is 25.0 Å². The van der Waals surface area contributed by atoms with Gasteiger partial charge in [-0.2, -0.15) is 0 Å². The van der Waals surface area contributed by atoms with Crippen molar-refractivity contribution in [1.82, 2.24) is 0 Å². The Balaban J connectivity index is 5.06. The molecule has 5 heteroatoms. The first-order chi connectivity index (χ1) is 8.05. The second-order valence-electron chi connectivity index (χ2n) is 3.48. The molecule has 0 saturated carbocycles. The second-order valence-corrected chi connectivity index (χ2v) is 5.74. The lowest BCUT2D eigenvalue weighted by atomic mass is 10.2. The molecule has 0 aromatic heterocycles. The fraction of sp³-hybridized carbons (Fsp3) is 0.667. The third kappa shape index (κ3) is 5.17. The quantitative estimate of drug-likeness (QED) is 0.512. The number of hydrogen-bond donors (Lipinski definition) is 1. The molecule has 0 amide bonds. The van der Waals surface area contributed by atoms with E-state index in [1.807, 2.05) is 0 Å². The van der Waals surface area contributed by atoms with Crippen LogP contribution in [-0.2, 0) is 13.6 Å². The zero-order chi connectivity index (χ0) is 13.3. The molecule has 0 fully saturated rings. The van der Waals surface area contributed by atoms with E-state index in [2.05, 4.69) is 6.58 Å². The number of allylic oxidation sites excluding steroid dienone is 2. The lowest BCUT2D eigenvalue weighted by Crippen LogP contribution is -2.26. The molecule has 0 bridgehead atoms. The van der Waals surface area contributed by atoms with Crippen molar-refractivity contribution in [3.05, 3.63) is 24.8 Å². The molecular formula is C12H23O4P. The van der Waals surface area contributed by atoms with Gasteiger partial charge in [-0.15, -0.1) is 6.58 Å². The maximum absolute atomic E-state index is 12.5. The highest BCUT2D eigenvalue weighted by Gasteiger charge is 2.38. The van der Waals surface area contributed by atoms with Gasteiger partial charge in [-0.1, -0.05) is 18.2 Å². The van der Waals surface area contributed by atoms with Gasteiger partial charge < -0.3 is 14.2 Å². The van der Waals surface area contributed by atoms with Crippen LogP contribution in [0.2, 0.25) is 0 Å². The standard InChI is InChI=1S/C12H23O4P/c1-5-9-11(13)12(10-6-2)17(14,15-7-3)16-8-4/h5-6,9,11-13H,2,7-8,10H2,1,3-4H3/b9-5+. The van der Waals surface area contributed by atoms with Gasteiger partial charge in [0.2, 0.25) is 0 Å². The van der Waals surface area contributed by atoms with Crippen molar-refractivity contribution in [2.24, 2.45) is 0 Å². The Kier molecular flexibility index (Phi) is 8.44. The molecule has 1 N–H and O–H groups in total. The summed E-state index contributed by atoms with van der Waals surface area (Å²) in [4.78, 5) is 0. The van der Waals surface area contributed by atoms with E-state index in [0.717, 1.165) is 0 Å². The number of hydrogen-bond acceptors (Lipinski definition) is 4. The highest BCUT2D eigenvalue weighted by atomic mass is 31.2. The first kappa shape index (κ1) is 16.6. The highest BCUT2D eigenvalue weighted by Crippen LogP contribution is 2.55. The lowest BCUT2D eigenvalue weighted by molar-refractivity contribution is 0.167. The summed E-state index contributed by atoms with van der Waals surface area (Å²) in [7, 11) is -3.30. The Morgan fingerprint density at radius 2 is 1.88 bits per heavy atom. The summed E-state index contributed by atoms with van der Waals surface area (Å²) >= 11 is 0. The predicted molar refractivity (Wildman–Crippen MR) is 70.3 cm³/mol. The van der Waals surface area contributed by atoms with E-state index in [-0.39, 0.29) is 13.2 Å². The maximum Gasteiger partial charge on any atom is 0.336 e. The van der Waals surface area contributed by atoms with Gasteiger partial charge in [-0.3, -0.25) is 4.57 Å². The first-order valence-electron chi connectivity index (χ1n) is 5.86. The molecule has 2 atom stereocenters. The number of aliphatic hydroxyl groups excluding tert-OH is 1. The molecular weight excluding hydrogens is 239 g/mol. The van der Waals surface area contributed by atoms with E-state index < -0.39 is 19.4 Å². The summed E-state index contributed by atoms with van der Waals surface area (Å²) in [6, 6.07) is 0. The van der Waals surface area contributed by atoms with Crippen LogP contribution in [0.3, 0.4) is 0 Å². The smallest absolute Gasteiger partial charge is 0.336 e. The third-order valence-electron chi connectivity index (χ3n) is 2.22. The van der Waals surface area contributed by atoms with Gasteiger partial charge in [0, 0.05) is 0 Å². The van der Waals surface area contributed by atoms with Crippen LogP contribution in [0, 0.1) is 0 Å². The third-order valence-corrected chi connectivity index (χ3v) is 4.78. The molecule has 2 unspecified atom stereocenters. The van der Waals surface area contributed by atoms with Crippen molar-refractivity contribution < 1.29 is 18.7 Å². The van der Waals surface area contributed by atoms with E-state index in [1.54, 1.807) is 39.0 Å². The Morgan fingerprint density at radius 3 is 2.24 bits per heavy atom. The molecule has 0 heterocycles. The molecule has 0 aromatic rings. The SMILES string of the molecule is C=CCC(C(O)/C=C/C)P(=O)(OCC)OCC. The Labute approximate surface area is 104 Å². The summed E-state index contributed by atoms with van der Waals surface area (Å²) in [5, 5.41) is 9.96. The Bertz CT molecular complexity index is 278. The van der Waals surface area contributed by atoms with Crippen molar-refractivity contribution in [3.63, 3.8) is 0 Å². The van der Waals surface area contributed by atoms with Crippen molar-refractivity contribution in [2.75, 3.05) is 13.2 Å². The zero-order valence-electron chi connectivity index (χ0n) is 10.8. The molecule has 0 aliphatic carbocycles. The molecule has 0 rings (SSSR count). The molecule has 4 nitrogen and oxygen atoms in total. The van der Waals surface area contributed by atoms with Crippen LogP contribution in [0.4, 0.5) is 0 Å². The van der Waals surface area contributed by atoms with Gasteiger partial charge in [0.15, 0.2) is 0 Å². The minimum Gasteiger partial charge on any atom is -0.388 e. The monoisotopic (exact) mass is 262 g/mol. The normalized spacial score (nSPS) is 16.0. The van der Waals surface area contributed by atoms with E-state index >= 15 is 0 Å². The average Bonchev–Trinajstić information content (AvgIpc) is 2.26. The minimum absolute atomic E-state index is 0.285. The molecule has 0 saturated heterocycles. The van der Waals surface area contributed by atoms with Gasteiger partial charge in [0.25, 0.3) is 0 Å². The van der Waals surface area contributed by atoms with E-state index in [1.165, 1.54) is 0 Å². The molecule has 0 aliphatic heterocycles. The van der Waals surface area contributed by atoms with Gasteiger partial charge in [-0.05, 0) is 27.2 Å². The van der Waals surface area contributed by atoms with Crippen molar-refractivity contribution in [1.29, 1.82) is 0 Å². The number of aliphatic hydroxyl groups is 1. The van der Waals surface area contributed by atoms with Crippen molar-refractivity contribution in [3.8, 4) is 0 Å². The van der Waals surface area contributed by atoms with E-state index in [4.69, 9.17) is 9.05 Å². The van der Waals surface area contributed by atoms with Crippen molar-refractivity contribution >= 4 is 7.60 Å². The largest absolute Gasteiger partial charge is 0.388 e. The molecule has 0 aliphatic rings. The predicted octanol–water partition coefficient (Wildman–Crippen LogP) is 3.13. The minimum atomic E-state index is -3.30. The number of rotatable bonds is 9. The van der Waals surface area contributed by atoms with Crippen LogP contribution in [0.5, 0.6) is 0 Å². The van der Waals surface area contributed by atoms with Crippen LogP contribution in [0.25, 0.3) is 0 Å². The summed E-state index contributed by atoms with van der Waals surface area (Å²) in [6.07, 6.45) is 4.43. The van der Waals surface area contributed by atoms with Gasteiger partial charge >= 0.3 is 7.60 Å². The molecule has 0 spiro atoms. The van der Waals surface area contributed by atoms with Crippen LogP contribution in [-0.4, -0.2) is 30.1 Å². The molecule has 0 aromatic carbocycles. The fourth-order valence-electron chi connectivity index (χ4n) is 1.54. The maximum atomic E-state index is 12.5. The topological polar surface area (TPSA) is 55.8 Å². The van der Waals surface area contributed by atoms with Crippen molar-refractivity contribution in [2.45, 2.75) is 39.0 Å². The highest BCUT2D eigenvalue weighted by molar-refractivity contribution is 7.54. The Morgan fingerprint density at radius 1 is 1.35 bits per heavy atom. The first-order valence-corrected chi connectivity index (χ1v) is 7.47. The van der Waals surface area contributed by atoms with Crippen LogP contribution in [0.1, 0.15) is 27.2 Å². The fourth-order valence-corrected chi connectivity index (χ4v) is 3.60.